The maximum absolute atomic E-state index is 10.7. The van der Waals surface area contributed by atoms with Gasteiger partial charge in [0.15, 0.2) is 5.78 Å². The van der Waals surface area contributed by atoms with Gasteiger partial charge >= 0.3 is 0 Å². The molecule has 72 valence electrons. The van der Waals surface area contributed by atoms with Gasteiger partial charge in [-0.05, 0) is 6.92 Å². The van der Waals surface area contributed by atoms with Crippen LogP contribution in [0.2, 0.25) is 0 Å². The fraction of sp³-hybridized carbons (Fsp3) is 0.333. The summed E-state index contributed by atoms with van der Waals surface area (Å²) in [5, 5.41) is 18.2. The van der Waals surface area contributed by atoms with Gasteiger partial charge in [-0.15, -0.1) is 0 Å². The zero-order valence-electron chi connectivity index (χ0n) is 7.46. The van der Waals surface area contributed by atoms with E-state index in [1.807, 2.05) is 0 Å². The second-order valence-electron chi connectivity index (χ2n) is 2.32. The van der Waals surface area contributed by atoms with Gasteiger partial charge in [0.1, 0.15) is 5.71 Å². The lowest BCUT2D eigenvalue weighted by Crippen LogP contribution is -2.42. The van der Waals surface area contributed by atoms with Crippen molar-refractivity contribution in [3.63, 3.8) is 0 Å². The van der Waals surface area contributed by atoms with Crippen molar-refractivity contribution in [1.82, 2.24) is 5.01 Å². The summed E-state index contributed by atoms with van der Waals surface area (Å²) < 4.78 is 0. The van der Waals surface area contributed by atoms with Gasteiger partial charge in [0.25, 0.3) is 0 Å². The molecule has 0 radical (unpaired) electrons. The third-order valence-corrected chi connectivity index (χ3v) is 1.22. The third kappa shape index (κ3) is 3.32. The second kappa shape index (κ2) is 4.19. The number of nitrogens with two attached hydrogens (primary N) is 2. The predicted molar refractivity (Wildman–Crippen MR) is 49.5 cm³/mol. The molecule has 0 atom stereocenters. The normalized spacial score (nSPS) is 10.8. The van der Waals surface area contributed by atoms with E-state index >= 15 is 0 Å². The van der Waals surface area contributed by atoms with E-state index in [0.717, 1.165) is 0 Å². The molecule has 0 heterocycles. The van der Waals surface area contributed by atoms with Crippen LogP contribution in [-0.2, 0) is 4.79 Å². The average Bonchev–Trinajstić information content (AvgIpc) is 1.97. The van der Waals surface area contributed by atoms with E-state index in [-0.39, 0.29) is 11.5 Å². The summed E-state index contributed by atoms with van der Waals surface area (Å²) in [6.07, 6.45) is 0. The van der Waals surface area contributed by atoms with Crippen molar-refractivity contribution in [3.05, 3.63) is 0 Å². The van der Waals surface area contributed by atoms with Gasteiger partial charge in [0.2, 0.25) is 11.9 Å². The van der Waals surface area contributed by atoms with Crippen molar-refractivity contribution in [1.29, 1.82) is 10.8 Å². The van der Waals surface area contributed by atoms with Crippen molar-refractivity contribution in [2.75, 3.05) is 0 Å². The maximum atomic E-state index is 10.7. The van der Waals surface area contributed by atoms with E-state index in [0.29, 0.717) is 5.01 Å². The van der Waals surface area contributed by atoms with E-state index in [2.05, 4.69) is 5.10 Å². The zero-order valence-corrected chi connectivity index (χ0v) is 7.46. The van der Waals surface area contributed by atoms with Gasteiger partial charge in [-0.3, -0.25) is 15.6 Å². The number of hydrogen-bond donors (Lipinski definition) is 4. The van der Waals surface area contributed by atoms with E-state index in [4.69, 9.17) is 22.3 Å². The monoisotopic (exact) mass is 184 g/mol. The van der Waals surface area contributed by atoms with Crippen LogP contribution in [0.3, 0.4) is 0 Å². The first-order valence-electron chi connectivity index (χ1n) is 3.40. The molecule has 13 heavy (non-hydrogen) atoms. The van der Waals surface area contributed by atoms with Crippen molar-refractivity contribution in [3.8, 4) is 0 Å². The highest BCUT2D eigenvalue weighted by atomic mass is 16.1. The molecule has 0 fully saturated rings. The molecule has 0 saturated heterocycles. The van der Waals surface area contributed by atoms with Crippen LogP contribution in [0.4, 0.5) is 0 Å². The average molecular weight is 184 g/mol. The highest BCUT2D eigenvalue weighted by Crippen LogP contribution is 1.89. The molecule has 0 spiro atoms. The van der Waals surface area contributed by atoms with Crippen LogP contribution in [0.5, 0.6) is 0 Å². The highest BCUT2D eigenvalue weighted by Gasteiger charge is 2.09. The summed E-state index contributed by atoms with van der Waals surface area (Å²) in [4.78, 5) is 10.7. The Balaban J connectivity index is 4.80. The van der Waals surface area contributed by atoms with Crippen molar-refractivity contribution < 1.29 is 4.79 Å². The molecule has 0 aliphatic carbocycles. The minimum atomic E-state index is -0.506. The molecule has 0 aromatic heterocycles. The van der Waals surface area contributed by atoms with E-state index < -0.39 is 11.9 Å². The van der Waals surface area contributed by atoms with Gasteiger partial charge in [0.05, 0.1) is 0 Å². The Hall–Kier alpha value is -1.92. The lowest BCUT2D eigenvalue weighted by Gasteiger charge is -2.14. The predicted octanol–water partition coefficient (Wildman–Crippen LogP) is -0.960. The number of ketones is 1. The quantitative estimate of drug-likeness (QED) is 0.250. The molecule has 0 saturated carbocycles. The molecule has 0 aromatic carbocycles. The number of hydrazone groups is 1. The largest absolute Gasteiger partial charge is 0.368 e. The molecule has 0 aromatic rings. The molecule has 6 N–H and O–H groups in total. The van der Waals surface area contributed by atoms with Gasteiger partial charge in [0, 0.05) is 6.92 Å². The molecule has 0 rings (SSSR count). The minimum Gasteiger partial charge on any atom is -0.368 e. The fourth-order valence-corrected chi connectivity index (χ4v) is 0.458. The molecule has 0 amide bonds. The summed E-state index contributed by atoms with van der Waals surface area (Å²) in [5.74, 6) is -1.28. The Morgan fingerprint density at radius 3 is 1.85 bits per heavy atom. The zero-order chi connectivity index (χ0) is 10.6. The molecule has 0 aliphatic heterocycles. The first-order chi connectivity index (χ1) is 5.86. The molecule has 0 bridgehead atoms. The number of Topliss-reactive ketones (excluding diaryl/α,β-unsaturated/α-hetero) is 1. The molecular weight excluding hydrogens is 172 g/mol. The summed E-state index contributed by atoms with van der Waals surface area (Å²) in [7, 11) is 0. The third-order valence-electron chi connectivity index (χ3n) is 1.22. The van der Waals surface area contributed by atoms with E-state index in [9.17, 15) is 4.79 Å². The lowest BCUT2D eigenvalue weighted by molar-refractivity contribution is -0.111. The Kier molecular flexibility index (Phi) is 3.57. The molecule has 7 nitrogen and oxygen atoms in total. The van der Waals surface area contributed by atoms with Gasteiger partial charge < -0.3 is 11.5 Å². The van der Waals surface area contributed by atoms with Gasteiger partial charge in [-0.2, -0.15) is 10.1 Å². The smallest absolute Gasteiger partial charge is 0.216 e. The summed E-state index contributed by atoms with van der Waals surface area (Å²) >= 11 is 0. The SMILES string of the molecule is CC(=O)C(C)=NN(C(=N)N)C(=N)N. The summed E-state index contributed by atoms with van der Waals surface area (Å²) in [6.45, 7) is 2.76. The number of carbonyl (C=O) groups is 1. The first-order valence-corrected chi connectivity index (χ1v) is 3.40. The standard InChI is InChI=1S/C6H12N6O/c1-3(4(2)13)11-12(5(7)8)6(9)10/h1-2H3,(H3,7,8)(H3,9,10). The Labute approximate surface area is 75.4 Å². The van der Waals surface area contributed by atoms with Crippen molar-refractivity contribution >= 4 is 23.4 Å². The second-order valence-corrected chi connectivity index (χ2v) is 2.32. The topological polar surface area (TPSA) is 132 Å². The number of nitrogens with one attached hydrogen (secondary N) is 2. The molecule has 7 heteroatoms. The molecule has 0 unspecified atom stereocenters. The van der Waals surface area contributed by atoms with Crippen LogP contribution < -0.4 is 11.5 Å². The number of rotatable bonds is 2. The number of hydrogen-bond acceptors (Lipinski definition) is 4. The highest BCUT2D eigenvalue weighted by molar-refractivity contribution is 6.38. The van der Waals surface area contributed by atoms with Crippen LogP contribution >= 0.6 is 0 Å². The molecule has 0 aliphatic rings. The van der Waals surface area contributed by atoms with E-state index in [1.54, 1.807) is 0 Å². The van der Waals surface area contributed by atoms with Crippen LogP contribution in [0.15, 0.2) is 5.10 Å². The summed E-state index contributed by atoms with van der Waals surface area (Å²) in [6, 6.07) is 0. The van der Waals surface area contributed by atoms with Crippen LogP contribution in [0.1, 0.15) is 13.8 Å². The number of carbonyl (C=O) groups excluding carboxylic acids is 1. The Morgan fingerprint density at radius 1 is 1.23 bits per heavy atom. The molecular formula is C6H12N6O. The fourth-order valence-electron chi connectivity index (χ4n) is 0.458. The Bertz CT molecular complexity index is 267. The van der Waals surface area contributed by atoms with Gasteiger partial charge in [-0.1, -0.05) is 0 Å². The van der Waals surface area contributed by atoms with Crippen molar-refractivity contribution in [2.24, 2.45) is 16.6 Å². The lowest BCUT2D eigenvalue weighted by atomic mass is 10.3. The van der Waals surface area contributed by atoms with Crippen LogP contribution in [0, 0.1) is 10.8 Å². The van der Waals surface area contributed by atoms with Crippen molar-refractivity contribution in [2.45, 2.75) is 13.8 Å². The van der Waals surface area contributed by atoms with Gasteiger partial charge in [-0.25, -0.2) is 0 Å². The summed E-state index contributed by atoms with van der Waals surface area (Å²) in [5.41, 5.74) is 10.2. The Morgan fingerprint density at radius 2 is 1.62 bits per heavy atom. The minimum absolute atomic E-state index is 0.130. The first kappa shape index (κ1) is 11.1. The maximum Gasteiger partial charge on any atom is 0.216 e. The number of nitrogens with zero attached hydrogens (tertiary/aromatic N) is 2. The number of guanidine groups is 2. The van der Waals surface area contributed by atoms with Crippen LogP contribution in [-0.4, -0.2) is 28.4 Å². The van der Waals surface area contributed by atoms with Crippen LogP contribution in [0.25, 0.3) is 0 Å². The van der Waals surface area contributed by atoms with E-state index in [1.165, 1.54) is 13.8 Å².